The van der Waals surface area contributed by atoms with Gasteiger partial charge in [0.05, 0.1) is 0 Å². The standard InChI is InChI=1S/C9H19N3O/c1-12-6-2-8(3-7-12)9(13)11-5-4-10/h8H,2-7,10H2,1H3,(H,11,13). The molecule has 0 aliphatic carbocycles. The fourth-order valence-corrected chi connectivity index (χ4v) is 1.61. The molecule has 0 spiro atoms. The minimum absolute atomic E-state index is 0.179. The molecule has 1 aliphatic rings. The van der Waals surface area contributed by atoms with E-state index in [1.807, 2.05) is 0 Å². The van der Waals surface area contributed by atoms with Gasteiger partial charge in [-0.1, -0.05) is 0 Å². The van der Waals surface area contributed by atoms with Crippen LogP contribution in [0.2, 0.25) is 0 Å². The Morgan fingerprint density at radius 2 is 2.15 bits per heavy atom. The molecule has 0 unspecified atom stereocenters. The van der Waals surface area contributed by atoms with Crippen molar-refractivity contribution in [1.29, 1.82) is 0 Å². The van der Waals surface area contributed by atoms with Crippen molar-refractivity contribution in [2.45, 2.75) is 12.8 Å². The summed E-state index contributed by atoms with van der Waals surface area (Å²) in [6.07, 6.45) is 1.96. The van der Waals surface area contributed by atoms with Crippen molar-refractivity contribution >= 4 is 5.91 Å². The van der Waals surface area contributed by atoms with E-state index in [0.717, 1.165) is 25.9 Å². The lowest BCUT2D eigenvalue weighted by atomic mass is 9.96. The number of carbonyl (C=O) groups excluding carboxylic acids is 1. The maximum Gasteiger partial charge on any atom is 0.223 e. The SMILES string of the molecule is CN1CCC(C(=O)NCCN)CC1. The Hall–Kier alpha value is -0.610. The summed E-state index contributed by atoms with van der Waals surface area (Å²) in [5.41, 5.74) is 5.31. The topological polar surface area (TPSA) is 58.4 Å². The Morgan fingerprint density at radius 1 is 1.54 bits per heavy atom. The molecule has 1 aliphatic heterocycles. The largest absolute Gasteiger partial charge is 0.355 e. The van der Waals surface area contributed by atoms with Crippen LogP contribution in [0.3, 0.4) is 0 Å². The molecule has 1 fully saturated rings. The second-order valence-corrected chi connectivity index (χ2v) is 3.66. The number of piperidine rings is 1. The van der Waals surface area contributed by atoms with Crippen molar-refractivity contribution in [2.75, 3.05) is 33.2 Å². The van der Waals surface area contributed by atoms with Gasteiger partial charge in [-0.25, -0.2) is 0 Å². The molecule has 0 atom stereocenters. The summed E-state index contributed by atoms with van der Waals surface area (Å²) < 4.78 is 0. The lowest BCUT2D eigenvalue weighted by molar-refractivity contribution is -0.126. The molecule has 3 N–H and O–H groups in total. The first-order chi connectivity index (χ1) is 6.24. The summed E-state index contributed by atoms with van der Waals surface area (Å²) in [5.74, 6) is 0.390. The van der Waals surface area contributed by atoms with Gasteiger partial charge in [0.1, 0.15) is 0 Å². The van der Waals surface area contributed by atoms with Crippen LogP contribution in [-0.2, 0) is 4.79 Å². The van der Waals surface area contributed by atoms with Crippen LogP contribution in [0.5, 0.6) is 0 Å². The first-order valence-electron chi connectivity index (χ1n) is 4.90. The van der Waals surface area contributed by atoms with E-state index in [0.29, 0.717) is 13.1 Å². The lowest BCUT2D eigenvalue weighted by Crippen LogP contribution is -2.40. The lowest BCUT2D eigenvalue weighted by Gasteiger charge is -2.27. The number of amides is 1. The summed E-state index contributed by atoms with van der Waals surface area (Å²) in [6.45, 7) is 3.19. The third kappa shape index (κ3) is 3.32. The Labute approximate surface area is 79.5 Å². The van der Waals surface area contributed by atoms with Gasteiger partial charge in [0.25, 0.3) is 0 Å². The first-order valence-corrected chi connectivity index (χ1v) is 4.90. The number of hydrogen-bond acceptors (Lipinski definition) is 3. The van der Waals surface area contributed by atoms with Gasteiger partial charge in [-0.15, -0.1) is 0 Å². The molecular weight excluding hydrogens is 166 g/mol. The molecule has 0 radical (unpaired) electrons. The average molecular weight is 185 g/mol. The van der Waals surface area contributed by atoms with E-state index in [2.05, 4.69) is 17.3 Å². The molecule has 1 amide bonds. The third-order valence-electron chi connectivity index (χ3n) is 2.53. The van der Waals surface area contributed by atoms with Crippen molar-refractivity contribution in [3.63, 3.8) is 0 Å². The Morgan fingerprint density at radius 3 is 2.69 bits per heavy atom. The molecule has 0 aromatic carbocycles. The van der Waals surface area contributed by atoms with Crippen LogP contribution in [0.15, 0.2) is 0 Å². The summed E-state index contributed by atoms with van der Waals surface area (Å²) in [5, 5.41) is 2.83. The van der Waals surface area contributed by atoms with Crippen LogP contribution >= 0.6 is 0 Å². The van der Waals surface area contributed by atoms with E-state index in [1.54, 1.807) is 0 Å². The molecule has 1 heterocycles. The average Bonchev–Trinajstić information content (AvgIpc) is 2.15. The maximum absolute atomic E-state index is 11.5. The van der Waals surface area contributed by atoms with Crippen molar-refractivity contribution in [3.8, 4) is 0 Å². The van der Waals surface area contributed by atoms with Gasteiger partial charge in [0, 0.05) is 19.0 Å². The molecule has 0 saturated carbocycles. The fourth-order valence-electron chi connectivity index (χ4n) is 1.61. The van der Waals surface area contributed by atoms with E-state index in [1.165, 1.54) is 0 Å². The number of carbonyl (C=O) groups is 1. The van der Waals surface area contributed by atoms with E-state index < -0.39 is 0 Å². The predicted octanol–water partition coefficient (Wildman–Crippen LogP) is -0.597. The van der Waals surface area contributed by atoms with Crippen molar-refractivity contribution in [3.05, 3.63) is 0 Å². The number of rotatable bonds is 3. The number of nitrogens with two attached hydrogens (primary N) is 1. The van der Waals surface area contributed by atoms with E-state index in [9.17, 15) is 4.79 Å². The highest BCUT2D eigenvalue weighted by atomic mass is 16.1. The molecule has 0 aromatic rings. The Balaban J connectivity index is 2.23. The maximum atomic E-state index is 11.5. The van der Waals surface area contributed by atoms with Crippen LogP contribution in [0.4, 0.5) is 0 Å². The number of nitrogens with one attached hydrogen (secondary N) is 1. The van der Waals surface area contributed by atoms with Gasteiger partial charge in [0.2, 0.25) is 5.91 Å². The molecular formula is C9H19N3O. The normalized spacial score (nSPS) is 20.2. The molecule has 0 bridgehead atoms. The quantitative estimate of drug-likeness (QED) is 0.617. The molecule has 4 heteroatoms. The molecule has 1 rings (SSSR count). The van der Waals surface area contributed by atoms with Gasteiger partial charge < -0.3 is 16.0 Å². The predicted molar refractivity (Wildman–Crippen MR) is 52.3 cm³/mol. The summed E-state index contributed by atoms with van der Waals surface area (Å²) in [7, 11) is 2.09. The molecule has 1 saturated heterocycles. The number of hydrogen-bond donors (Lipinski definition) is 2. The van der Waals surface area contributed by atoms with Gasteiger partial charge >= 0.3 is 0 Å². The minimum Gasteiger partial charge on any atom is -0.355 e. The zero-order valence-electron chi connectivity index (χ0n) is 8.25. The summed E-state index contributed by atoms with van der Waals surface area (Å²) >= 11 is 0. The smallest absolute Gasteiger partial charge is 0.223 e. The van der Waals surface area contributed by atoms with Crippen LogP contribution in [-0.4, -0.2) is 44.0 Å². The van der Waals surface area contributed by atoms with Crippen LogP contribution in [0.25, 0.3) is 0 Å². The van der Waals surface area contributed by atoms with E-state index >= 15 is 0 Å². The van der Waals surface area contributed by atoms with E-state index in [-0.39, 0.29) is 11.8 Å². The van der Waals surface area contributed by atoms with Crippen molar-refractivity contribution in [2.24, 2.45) is 11.7 Å². The Kier molecular flexibility index (Phi) is 4.18. The zero-order chi connectivity index (χ0) is 9.68. The monoisotopic (exact) mass is 185 g/mol. The number of nitrogens with zero attached hydrogens (tertiary/aromatic N) is 1. The second-order valence-electron chi connectivity index (χ2n) is 3.66. The van der Waals surface area contributed by atoms with Crippen molar-refractivity contribution in [1.82, 2.24) is 10.2 Å². The third-order valence-corrected chi connectivity index (χ3v) is 2.53. The first kappa shape index (κ1) is 10.5. The highest BCUT2D eigenvalue weighted by Gasteiger charge is 2.22. The summed E-state index contributed by atoms with van der Waals surface area (Å²) in [6, 6.07) is 0. The van der Waals surface area contributed by atoms with E-state index in [4.69, 9.17) is 5.73 Å². The van der Waals surface area contributed by atoms with Gasteiger partial charge in [-0.2, -0.15) is 0 Å². The van der Waals surface area contributed by atoms with Crippen LogP contribution in [0, 0.1) is 5.92 Å². The second kappa shape index (κ2) is 5.19. The highest BCUT2D eigenvalue weighted by Crippen LogP contribution is 2.15. The number of likely N-dealkylation sites (tertiary alicyclic amines) is 1. The summed E-state index contributed by atoms with van der Waals surface area (Å²) in [4.78, 5) is 13.7. The molecule has 13 heavy (non-hydrogen) atoms. The van der Waals surface area contributed by atoms with Crippen LogP contribution < -0.4 is 11.1 Å². The molecule has 76 valence electrons. The van der Waals surface area contributed by atoms with Gasteiger partial charge in [0.15, 0.2) is 0 Å². The van der Waals surface area contributed by atoms with Crippen LogP contribution in [0.1, 0.15) is 12.8 Å². The molecule has 4 nitrogen and oxygen atoms in total. The molecule has 0 aromatic heterocycles. The minimum atomic E-state index is 0.179. The zero-order valence-corrected chi connectivity index (χ0v) is 8.25. The van der Waals surface area contributed by atoms with Gasteiger partial charge in [-0.05, 0) is 33.0 Å². The highest BCUT2D eigenvalue weighted by molar-refractivity contribution is 5.78. The van der Waals surface area contributed by atoms with Crippen molar-refractivity contribution < 1.29 is 4.79 Å². The fraction of sp³-hybridized carbons (Fsp3) is 0.889. The van der Waals surface area contributed by atoms with Gasteiger partial charge in [-0.3, -0.25) is 4.79 Å². The Bertz CT molecular complexity index is 164.